The van der Waals surface area contributed by atoms with Gasteiger partial charge in [-0.2, -0.15) is 0 Å². The molecule has 1 aliphatic rings. The molecule has 0 fully saturated rings. The Morgan fingerprint density at radius 3 is 2.55 bits per heavy atom. The van der Waals surface area contributed by atoms with Gasteiger partial charge in [-0.3, -0.25) is 4.98 Å². The van der Waals surface area contributed by atoms with Crippen molar-refractivity contribution >= 4 is 30.0 Å². The predicted molar refractivity (Wildman–Crippen MR) is 148 cm³/mol. The molecule has 4 N–H and O–H groups in total. The predicted octanol–water partition coefficient (Wildman–Crippen LogP) is 2.83. The molecule has 40 heavy (non-hydrogen) atoms. The van der Waals surface area contributed by atoms with Gasteiger partial charge in [-0.1, -0.05) is 36.4 Å². The van der Waals surface area contributed by atoms with E-state index in [2.05, 4.69) is 40.8 Å². The van der Waals surface area contributed by atoms with Crippen LogP contribution in [0.1, 0.15) is 31.1 Å². The summed E-state index contributed by atoms with van der Waals surface area (Å²) < 4.78 is 11.5. The summed E-state index contributed by atoms with van der Waals surface area (Å²) in [5.74, 6) is 1.21. The van der Waals surface area contributed by atoms with E-state index in [0.717, 1.165) is 5.56 Å². The van der Waals surface area contributed by atoms with Crippen LogP contribution < -0.4 is 16.1 Å². The second kappa shape index (κ2) is 10.5. The second-order valence-corrected chi connectivity index (χ2v) is 9.64. The van der Waals surface area contributed by atoms with Crippen LogP contribution >= 0.6 is 0 Å². The summed E-state index contributed by atoms with van der Waals surface area (Å²) in [4.78, 5) is 17.7. The standard InChI is InChI=1S/C27H25BN8O4/c1-27(2)23-18(28(38)40-27)14-31-26(34-23)33-22-12-20(32-21(15-37)16-8-4-3-5-9-16)17(13-30-22)24-35-36-25(39-24)19-10-6-7-11-29-19/h3-14,21,37-38H,15H2,1-2H3,(H2,30,31,32,33,34)/t21-/m1/s1. The number of fused-ring (bicyclic) bond motifs is 1. The second-order valence-electron chi connectivity index (χ2n) is 9.64. The topological polar surface area (TPSA) is 164 Å². The van der Waals surface area contributed by atoms with Gasteiger partial charge in [0.15, 0.2) is 0 Å². The first-order valence-electron chi connectivity index (χ1n) is 12.6. The third kappa shape index (κ3) is 5.00. The smallest absolute Gasteiger partial charge is 0.423 e. The van der Waals surface area contributed by atoms with Gasteiger partial charge < -0.3 is 29.8 Å². The Balaban J connectivity index is 1.36. The van der Waals surface area contributed by atoms with E-state index < -0.39 is 18.8 Å². The van der Waals surface area contributed by atoms with Crippen molar-refractivity contribution in [2.24, 2.45) is 0 Å². The van der Waals surface area contributed by atoms with Crippen LogP contribution in [0.4, 0.5) is 17.5 Å². The highest BCUT2D eigenvalue weighted by Gasteiger charge is 2.42. The fourth-order valence-electron chi connectivity index (χ4n) is 4.47. The Bertz CT molecular complexity index is 1630. The fourth-order valence-corrected chi connectivity index (χ4v) is 4.47. The molecule has 0 saturated heterocycles. The summed E-state index contributed by atoms with van der Waals surface area (Å²) in [7, 11) is -1.08. The molecule has 6 rings (SSSR count). The minimum Gasteiger partial charge on any atom is -0.423 e. The maximum Gasteiger partial charge on any atom is 0.495 e. The molecule has 5 aromatic rings. The lowest BCUT2D eigenvalue weighted by atomic mass is 9.82. The quantitative estimate of drug-likeness (QED) is 0.215. The Morgan fingerprint density at radius 2 is 1.77 bits per heavy atom. The van der Waals surface area contributed by atoms with E-state index in [0.29, 0.717) is 33.9 Å². The van der Waals surface area contributed by atoms with E-state index in [9.17, 15) is 10.1 Å². The van der Waals surface area contributed by atoms with Crippen LogP contribution in [-0.4, -0.2) is 54.0 Å². The van der Waals surface area contributed by atoms with E-state index in [4.69, 9.17) is 9.07 Å². The van der Waals surface area contributed by atoms with Gasteiger partial charge >= 0.3 is 7.12 Å². The number of hydrogen-bond acceptors (Lipinski definition) is 12. The average Bonchev–Trinajstić information content (AvgIpc) is 3.55. The Morgan fingerprint density at radius 1 is 0.975 bits per heavy atom. The summed E-state index contributed by atoms with van der Waals surface area (Å²) in [6.07, 6.45) is 4.77. The van der Waals surface area contributed by atoms with Crippen LogP contribution in [-0.2, 0) is 10.3 Å². The monoisotopic (exact) mass is 536 g/mol. The number of rotatable bonds is 8. The van der Waals surface area contributed by atoms with Gasteiger partial charge in [-0.05, 0) is 31.5 Å². The molecule has 0 unspecified atom stereocenters. The van der Waals surface area contributed by atoms with Crippen molar-refractivity contribution in [1.82, 2.24) is 30.1 Å². The molecule has 0 bridgehead atoms. The van der Waals surface area contributed by atoms with Crippen LogP contribution in [0.5, 0.6) is 0 Å². The minimum absolute atomic E-state index is 0.164. The highest BCUT2D eigenvalue weighted by molar-refractivity contribution is 6.61. The molecular weight excluding hydrogens is 511 g/mol. The number of nitrogens with zero attached hydrogens (tertiary/aromatic N) is 6. The third-order valence-electron chi connectivity index (χ3n) is 6.46. The van der Waals surface area contributed by atoms with Gasteiger partial charge in [-0.15, -0.1) is 10.2 Å². The molecule has 12 nitrogen and oxygen atoms in total. The van der Waals surface area contributed by atoms with Gasteiger partial charge in [0.05, 0.1) is 35.2 Å². The van der Waals surface area contributed by atoms with Crippen molar-refractivity contribution in [2.45, 2.75) is 25.5 Å². The van der Waals surface area contributed by atoms with E-state index in [1.165, 1.54) is 6.20 Å². The molecule has 200 valence electrons. The molecule has 0 aliphatic carbocycles. The van der Waals surface area contributed by atoms with Crippen molar-refractivity contribution < 1.29 is 19.2 Å². The lowest BCUT2D eigenvalue weighted by Crippen LogP contribution is -2.29. The molecule has 4 aromatic heterocycles. The van der Waals surface area contributed by atoms with Crippen molar-refractivity contribution in [1.29, 1.82) is 0 Å². The summed E-state index contributed by atoms with van der Waals surface area (Å²) in [5.41, 5.74) is 2.89. The zero-order valence-corrected chi connectivity index (χ0v) is 21.7. The van der Waals surface area contributed by atoms with E-state index in [-0.39, 0.29) is 24.3 Å². The molecule has 0 saturated carbocycles. The van der Waals surface area contributed by atoms with Crippen LogP contribution in [0.15, 0.2) is 77.6 Å². The number of nitrogens with one attached hydrogen (secondary N) is 2. The van der Waals surface area contributed by atoms with Crippen LogP contribution in [0.2, 0.25) is 0 Å². The Hall–Kier alpha value is -4.72. The molecule has 13 heteroatoms. The first-order chi connectivity index (χ1) is 19.4. The minimum atomic E-state index is -1.08. The van der Waals surface area contributed by atoms with Crippen molar-refractivity contribution in [3.63, 3.8) is 0 Å². The molecule has 1 aromatic carbocycles. The van der Waals surface area contributed by atoms with Crippen molar-refractivity contribution in [3.05, 3.63) is 84.4 Å². The molecule has 0 spiro atoms. The van der Waals surface area contributed by atoms with Gasteiger partial charge in [0.25, 0.3) is 11.8 Å². The normalized spacial score (nSPS) is 14.6. The highest BCUT2D eigenvalue weighted by Crippen LogP contribution is 2.34. The summed E-state index contributed by atoms with van der Waals surface area (Å²) in [6.45, 7) is 3.50. The van der Waals surface area contributed by atoms with Crippen LogP contribution in [0.3, 0.4) is 0 Å². The molecule has 1 atom stereocenters. The SMILES string of the molecule is CC1(C)OB(O)c2cnc(Nc3cc(N[C@H](CO)c4ccccc4)c(-c4nnc(-c5ccccn5)o4)cn3)nc21. The Kier molecular flexibility index (Phi) is 6.68. The highest BCUT2D eigenvalue weighted by atomic mass is 16.5. The van der Waals surface area contributed by atoms with E-state index in [1.807, 2.05) is 50.2 Å². The zero-order valence-electron chi connectivity index (χ0n) is 21.7. The number of aliphatic hydroxyl groups excluding tert-OH is 1. The van der Waals surface area contributed by atoms with Gasteiger partial charge in [0.1, 0.15) is 11.5 Å². The number of aliphatic hydroxyl groups is 1. The number of anilines is 3. The van der Waals surface area contributed by atoms with Crippen LogP contribution in [0, 0.1) is 0 Å². The van der Waals surface area contributed by atoms with Gasteiger partial charge in [-0.25, -0.2) is 15.0 Å². The van der Waals surface area contributed by atoms with E-state index in [1.54, 1.807) is 30.6 Å². The first-order valence-corrected chi connectivity index (χ1v) is 12.6. The summed E-state index contributed by atoms with van der Waals surface area (Å²) >= 11 is 0. The van der Waals surface area contributed by atoms with Gasteiger partial charge in [0, 0.05) is 30.1 Å². The molecular formula is C27H25BN8O4. The lowest BCUT2D eigenvalue weighted by molar-refractivity contribution is 0.0970. The van der Waals surface area contributed by atoms with Crippen molar-refractivity contribution in [2.75, 3.05) is 17.2 Å². The maximum atomic E-state index is 10.2. The maximum absolute atomic E-state index is 10.2. The summed E-state index contributed by atoms with van der Waals surface area (Å²) in [5, 5.41) is 35.2. The molecule has 5 heterocycles. The largest absolute Gasteiger partial charge is 0.495 e. The first kappa shape index (κ1) is 25.6. The Labute approximate surface area is 229 Å². The van der Waals surface area contributed by atoms with E-state index >= 15 is 0 Å². The average molecular weight is 536 g/mol. The molecule has 1 aliphatic heterocycles. The zero-order chi connectivity index (χ0) is 27.7. The number of hydrogen-bond donors (Lipinski definition) is 4. The summed E-state index contributed by atoms with van der Waals surface area (Å²) in [6, 6.07) is 16.3. The lowest BCUT2D eigenvalue weighted by Gasteiger charge is -2.20. The number of aromatic nitrogens is 6. The van der Waals surface area contributed by atoms with Crippen molar-refractivity contribution in [3.8, 4) is 23.0 Å². The number of benzene rings is 1. The third-order valence-corrected chi connectivity index (χ3v) is 6.46. The number of pyridine rings is 2. The van der Waals surface area contributed by atoms with Gasteiger partial charge in [0.2, 0.25) is 5.95 Å². The fraction of sp³-hybridized carbons (Fsp3) is 0.185. The molecule has 0 radical (unpaired) electrons. The van der Waals surface area contributed by atoms with Crippen LogP contribution in [0.25, 0.3) is 23.0 Å². The molecule has 0 amide bonds.